The van der Waals surface area contributed by atoms with Crippen molar-refractivity contribution in [2.75, 3.05) is 20.3 Å². The third-order valence-electron chi connectivity index (χ3n) is 2.79. The summed E-state index contributed by atoms with van der Waals surface area (Å²) < 4.78 is 21.2. The van der Waals surface area contributed by atoms with E-state index in [9.17, 15) is 4.79 Å². The quantitative estimate of drug-likeness (QED) is 0.581. The SMILES string of the molecule is CCOc1ccccc1OC(=O)COc1ccccc1OC. The first-order valence-electron chi connectivity index (χ1n) is 6.93. The molecule has 0 aliphatic heterocycles. The Labute approximate surface area is 129 Å². The molecule has 22 heavy (non-hydrogen) atoms. The lowest BCUT2D eigenvalue weighted by Crippen LogP contribution is -2.18. The zero-order valence-electron chi connectivity index (χ0n) is 12.6. The molecule has 0 saturated heterocycles. The van der Waals surface area contributed by atoms with Crippen molar-refractivity contribution >= 4 is 5.97 Å². The summed E-state index contributed by atoms with van der Waals surface area (Å²) in [4.78, 5) is 11.9. The van der Waals surface area contributed by atoms with E-state index in [0.717, 1.165) is 0 Å². The molecule has 0 bridgehead atoms. The maximum absolute atomic E-state index is 11.9. The van der Waals surface area contributed by atoms with Gasteiger partial charge in [0.05, 0.1) is 13.7 Å². The van der Waals surface area contributed by atoms with Crippen molar-refractivity contribution < 1.29 is 23.7 Å². The van der Waals surface area contributed by atoms with E-state index in [0.29, 0.717) is 29.6 Å². The van der Waals surface area contributed by atoms with Crippen LogP contribution in [0, 0.1) is 0 Å². The highest BCUT2D eigenvalue weighted by molar-refractivity contribution is 5.74. The number of carbonyl (C=O) groups is 1. The van der Waals surface area contributed by atoms with Gasteiger partial charge in [-0.3, -0.25) is 0 Å². The van der Waals surface area contributed by atoms with Gasteiger partial charge in [-0.05, 0) is 31.2 Å². The van der Waals surface area contributed by atoms with Crippen molar-refractivity contribution in [1.82, 2.24) is 0 Å². The van der Waals surface area contributed by atoms with Crippen LogP contribution in [0.15, 0.2) is 48.5 Å². The number of hydrogen-bond acceptors (Lipinski definition) is 5. The smallest absolute Gasteiger partial charge is 0.349 e. The maximum Gasteiger partial charge on any atom is 0.349 e. The Morgan fingerprint density at radius 3 is 2.00 bits per heavy atom. The Morgan fingerprint density at radius 2 is 1.41 bits per heavy atom. The molecule has 2 rings (SSSR count). The number of para-hydroxylation sites is 4. The lowest BCUT2D eigenvalue weighted by Gasteiger charge is -2.12. The molecular formula is C17H18O5. The number of esters is 1. The normalized spacial score (nSPS) is 9.91. The van der Waals surface area contributed by atoms with Crippen LogP contribution in [-0.4, -0.2) is 26.3 Å². The largest absolute Gasteiger partial charge is 0.493 e. The van der Waals surface area contributed by atoms with Crippen LogP contribution >= 0.6 is 0 Å². The van der Waals surface area contributed by atoms with Crippen LogP contribution in [0.25, 0.3) is 0 Å². The van der Waals surface area contributed by atoms with E-state index in [1.165, 1.54) is 0 Å². The molecule has 0 N–H and O–H groups in total. The number of carbonyl (C=O) groups excluding carboxylic acids is 1. The minimum Gasteiger partial charge on any atom is -0.493 e. The van der Waals surface area contributed by atoms with Gasteiger partial charge < -0.3 is 18.9 Å². The Morgan fingerprint density at radius 1 is 0.864 bits per heavy atom. The molecule has 0 fully saturated rings. The van der Waals surface area contributed by atoms with Gasteiger partial charge in [-0.15, -0.1) is 0 Å². The molecule has 0 aliphatic rings. The third-order valence-corrected chi connectivity index (χ3v) is 2.79. The van der Waals surface area contributed by atoms with E-state index in [-0.39, 0.29) is 6.61 Å². The van der Waals surface area contributed by atoms with Crippen LogP contribution in [0.5, 0.6) is 23.0 Å². The van der Waals surface area contributed by atoms with Crippen molar-refractivity contribution in [3.8, 4) is 23.0 Å². The van der Waals surface area contributed by atoms with Crippen molar-refractivity contribution in [3.05, 3.63) is 48.5 Å². The molecule has 0 spiro atoms. The van der Waals surface area contributed by atoms with Crippen LogP contribution in [-0.2, 0) is 4.79 Å². The van der Waals surface area contributed by atoms with Crippen molar-refractivity contribution in [3.63, 3.8) is 0 Å². The van der Waals surface area contributed by atoms with E-state index in [1.807, 2.05) is 19.1 Å². The molecule has 116 valence electrons. The first kappa shape index (κ1) is 15.7. The molecule has 5 heteroatoms. The predicted octanol–water partition coefficient (Wildman–Crippen LogP) is 3.08. The molecule has 0 saturated carbocycles. The summed E-state index contributed by atoms with van der Waals surface area (Å²) in [7, 11) is 1.54. The van der Waals surface area contributed by atoms with Crippen LogP contribution < -0.4 is 18.9 Å². The molecular weight excluding hydrogens is 284 g/mol. The summed E-state index contributed by atoms with van der Waals surface area (Å²) in [5.41, 5.74) is 0. The van der Waals surface area contributed by atoms with Crippen LogP contribution in [0.4, 0.5) is 0 Å². The van der Waals surface area contributed by atoms with Gasteiger partial charge in [0.2, 0.25) is 0 Å². The van der Waals surface area contributed by atoms with Crippen LogP contribution in [0.1, 0.15) is 6.92 Å². The topological polar surface area (TPSA) is 54.0 Å². The van der Waals surface area contributed by atoms with Gasteiger partial charge in [0.15, 0.2) is 29.6 Å². The second-order valence-corrected chi connectivity index (χ2v) is 4.29. The average molecular weight is 302 g/mol. The van der Waals surface area contributed by atoms with E-state index in [1.54, 1.807) is 43.5 Å². The van der Waals surface area contributed by atoms with Gasteiger partial charge in [-0.25, -0.2) is 4.79 Å². The number of methoxy groups -OCH3 is 1. The summed E-state index contributed by atoms with van der Waals surface area (Å²) in [5, 5.41) is 0. The molecule has 2 aromatic rings. The third kappa shape index (κ3) is 4.15. The fourth-order valence-corrected chi connectivity index (χ4v) is 1.84. The summed E-state index contributed by atoms with van der Waals surface area (Å²) in [5.74, 6) is 1.43. The summed E-state index contributed by atoms with van der Waals surface area (Å²) in [6.45, 7) is 2.14. The van der Waals surface area contributed by atoms with Gasteiger partial charge in [-0.1, -0.05) is 24.3 Å². The van der Waals surface area contributed by atoms with Crippen LogP contribution in [0.3, 0.4) is 0 Å². The Balaban J connectivity index is 1.96. The predicted molar refractivity (Wildman–Crippen MR) is 81.7 cm³/mol. The van der Waals surface area contributed by atoms with Gasteiger partial charge in [-0.2, -0.15) is 0 Å². The maximum atomic E-state index is 11.9. The van der Waals surface area contributed by atoms with Gasteiger partial charge in [0, 0.05) is 0 Å². The zero-order chi connectivity index (χ0) is 15.8. The molecule has 0 amide bonds. The molecule has 0 unspecified atom stereocenters. The molecule has 0 radical (unpaired) electrons. The highest BCUT2D eigenvalue weighted by Gasteiger charge is 2.12. The molecule has 0 atom stereocenters. The first-order valence-corrected chi connectivity index (χ1v) is 6.93. The average Bonchev–Trinajstić information content (AvgIpc) is 2.55. The van der Waals surface area contributed by atoms with Crippen molar-refractivity contribution in [1.29, 1.82) is 0 Å². The van der Waals surface area contributed by atoms with Crippen LogP contribution in [0.2, 0.25) is 0 Å². The number of ether oxygens (including phenoxy) is 4. The van der Waals surface area contributed by atoms with E-state index < -0.39 is 5.97 Å². The Bertz CT molecular complexity index is 624. The summed E-state index contributed by atoms with van der Waals surface area (Å²) in [6.07, 6.45) is 0. The second kappa shape index (κ2) is 7.93. The lowest BCUT2D eigenvalue weighted by molar-refractivity contribution is -0.136. The Hall–Kier alpha value is -2.69. The molecule has 0 heterocycles. The van der Waals surface area contributed by atoms with Gasteiger partial charge >= 0.3 is 5.97 Å². The molecule has 0 aromatic heterocycles. The monoisotopic (exact) mass is 302 g/mol. The fraction of sp³-hybridized carbons (Fsp3) is 0.235. The summed E-state index contributed by atoms with van der Waals surface area (Å²) >= 11 is 0. The number of hydrogen-bond donors (Lipinski definition) is 0. The van der Waals surface area contributed by atoms with E-state index >= 15 is 0 Å². The molecule has 0 aliphatic carbocycles. The highest BCUT2D eigenvalue weighted by atomic mass is 16.6. The van der Waals surface area contributed by atoms with Gasteiger partial charge in [0.1, 0.15) is 0 Å². The van der Waals surface area contributed by atoms with Crippen molar-refractivity contribution in [2.24, 2.45) is 0 Å². The van der Waals surface area contributed by atoms with E-state index in [4.69, 9.17) is 18.9 Å². The van der Waals surface area contributed by atoms with Crippen molar-refractivity contribution in [2.45, 2.75) is 6.92 Å². The van der Waals surface area contributed by atoms with E-state index in [2.05, 4.69) is 0 Å². The minimum absolute atomic E-state index is 0.221. The Kier molecular flexibility index (Phi) is 5.65. The molecule has 5 nitrogen and oxygen atoms in total. The summed E-state index contributed by atoms with van der Waals surface area (Å²) in [6, 6.07) is 14.1. The zero-order valence-corrected chi connectivity index (χ0v) is 12.6. The fourth-order valence-electron chi connectivity index (χ4n) is 1.84. The first-order chi connectivity index (χ1) is 10.7. The lowest BCUT2D eigenvalue weighted by atomic mass is 10.3. The number of rotatable bonds is 7. The number of benzene rings is 2. The second-order valence-electron chi connectivity index (χ2n) is 4.29. The molecule has 2 aromatic carbocycles. The van der Waals surface area contributed by atoms with Gasteiger partial charge in [0.25, 0.3) is 0 Å². The standard InChI is InChI=1S/C17H18O5/c1-3-20-15-10-6-7-11-16(15)22-17(18)12-21-14-9-5-4-8-13(14)19-2/h4-11H,3,12H2,1-2H3. The highest BCUT2D eigenvalue weighted by Crippen LogP contribution is 2.27. The minimum atomic E-state index is -0.516.